The number of nitrogens with one attached hydrogen (secondary N) is 1. The van der Waals surface area contributed by atoms with Crippen molar-refractivity contribution in [2.75, 3.05) is 11.1 Å². The highest BCUT2D eigenvalue weighted by atomic mass is 32.2. The van der Waals surface area contributed by atoms with Gasteiger partial charge in [-0.3, -0.25) is 4.79 Å². The van der Waals surface area contributed by atoms with Gasteiger partial charge in [-0.1, -0.05) is 42.5 Å². The number of nitrogens with zero attached hydrogens (tertiary/aromatic N) is 2. The number of para-hydroxylation sites is 3. The molecule has 1 N–H and O–H groups in total. The van der Waals surface area contributed by atoms with E-state index in [4.69, 9.17) is 4.74 Å². The van der Waals surface area contributed by atoms with E-state index in [0.29, 0.717) is 17.2 Å². The molecular formula is C24H21N3O2S. The Labute approximate surface area is 179 Å². The molecule has 0 aliphatic rings. The molecule has 3 aromatic carbocycles. The van der Waals surface area contributed by atoms with Crippen LogP contribution >= 0.6 is 11.8 Å². The largest absolute Gasteiger partial charge is 0.455 e. The molecule has 0 radical (unpaired) electrons. The number of benzene rings is 3. The molecule has 0 spiro atoms. The Morgan fingerprint density at radius 2 is 1.70 bits per heavy atom. The molecule has 0 aliphatic heterocycles. The van der Waals surface area contributed by atoms with Crippen LogP contribution in [0.2, 0.25) is 0 Å². The lowest BCUT2D eigenvalue weighted by atomic mass is 10.2. The first-order chi connectivity index (χ1) is 14.8. The number of amides is 1. The van der Waals surface area contributed by atoms with E-state index in [1.54, 1.807) is 18.0 Å². The summed E-state index contributed by atoms with van der Waals surface area (Å²) < 4.78 is 7.72. The molecule has 1 amide bonds. The summed E-state index contributed by atoms with van der Waals surface area (Å²) >= 11 is 1.57. The first kappa shape index (κ1) is 19.8. The highest BCUT2D eigenvalue weighted by Crippen LogP contribution is 2.29. The molecule has 0 atom stereocenters. The number of carbonyl (C=O) groups excluding carboxylic acids is 1. The molecule has 0 aliphatic carbocycles. The van der Waals surface area contributed by atoms with Gasteiger partial charge in [-0.15, -0.1) is 11.8 Å². The Bertz CT molecular complexity index is 1080. The predicted molar refractivity (Wildman–Crippen MR) is 121 cm³/mol. The van der Waals surface area contributed by atoms with Gasteiger partial charge in [0, 0.05) is 18.1 Å². The number of hydrogen-bond acceptors (Lipinski definition) is 4. The van der Waals surface area contributed by atoms with Gasteiger partial charge in [0.15, 0.2) is 5.75 Å². The Morgan fingerprint density at radius 3 is 2.47 bits per heavy atom. The van der Waals surface area contributed by atoms with Gasteiger partial charge in [-0.25, -0.2) is 4.68 Å². The fourth-order valence-electron chi connectivity index (χ4n) is 2.89. The summed E-state index contributed by atoms with van der Waals surface area (Å²) in [7, 11) is 0. The zero-order chi connectivity index (χ0) is 20.6. The van der Waals surface area contributed by atoms with Gasteiger partial charge in [-0.05, 0) is 48.0 Å². The van der Waals surface area contributed by atoms with Crippen molar-refractivity contribution in [1.82, 2.24) is 9.78 Å². The first-order valence-electron chi connectivity index (χ1n) is 9.56. The second kappa shape index (κ2) is 9.80. The quantitative estimate of drug-likeness (QED) is 0.411. The van der Waals surface area contributed by atoms with E-state index >= 15 is 0 Å². The monoisotopic (exact) mass is 415 g/mol. The van der Waals surface area contributed by atoms with Crippen LogP contribution in [0.3, 0.4) is 0 Å². The average Bonchev–Trinajstić information content (AvgIpc) is 3.31. The molecule has 0 saturated carbocycles. The molecule has 30 heavy (non-hydrogen) atoms. The highest BCUT2D eigenvalue weighted by molar-refractivity contribution is 7.99. The van der Waals surface area contributed by atoms with Crippen LogP contribution in [0.5, 0.6) is 11.5 Å². The summed E-state index contributed by atoms with van der Waals surface area (Å²) in [5, 5.41) is 7.17. The van der Waals surface area contributed by atoms with Crippen molar-refractivity contribution in [1.29, 1.82) is 0 Å². The van der Waals surface area contributed by atoms with E-state index in [1.807, 2.05) is 83.7 Å². The number of hydrogen-bond donors (Lipinski definition) is 1. The summed E-state index contributed by atoms with van der Waals surface area (Å²) in [6.45, 7) is 0. The lowest BCUT2D eigenvalue weighted by Gasteiger charge is -2.12. The number of ether oxygens (including phenoxy) is 1. The summed E-state index contributed by atoms with van der Waals surface area (Å²) in [6.07, 6.45) is 3.67. The van der Waals surface area contributed by atoms with Crippen LogP contribution in [0.4, 0.5) is 5.69 Å². The van der Waals surface area contributed by atoms with Crippen molar-refractivity contribution >= 4 is 23.4 Å². The minimum absolute atomic E-state index is 0.0581. The van der Waals surface area contributed by atoms with Crippen molar-refractivity contribution in [2.24, 2.45) is 0 Å². The topological polar surface area (TPSA) is 56.2 Å². The molecule has 1 aromatic heterocycles. The van der Waals surface area contributed by atoms with Crippen molar-refractivity contribution in [3.05, 3.63) is 103 Å². The molecule has 0 saturated heterocycles. The van der Waals surface area contributed by atoms with Crippen LogP contribution < -0.4 is 10.1 Å². The third-order valence-electron chi connectivity index (χ3n) is 4.34. The van der Waals surface area contributed by atoms with Crippen LogP contribution in [0.15, 0.2) is 97.3 Å². The van der Waals surface area contributed by atoms with Gasteiger partial charge in [-0.2, -0.15) is 5.10 Å². The summed E-state index contributed by atoms with van der Waals surface area (Å²) in [6, 6.07) is 27.0. The van der Waals surface area contributed by atoms with Crippen molar-refractivity contribution in [2.45, 2.75) is 5.75 Å². The first-order valence-corrected chi connectivity index (χ1v) is 10.7. The smallest absolute Gasteiger partial charge is 0.234 e. The molecule has 4 rings (SSSR count). The third-order valence-corrected chi connectivity index (χ3v) is 5.34. The third kappa shape index (κ3) is 5.30. The fraction of sp³-hybridized carbons (Fsp3) is 0.0833. The zero-order valence-electron chi connectivity index (χ0n) is 16.3. The van der Waals surface area contributed by atoms with Crippen LogP contribution in [0.25, 0.3) is 5.69 Å². The Morgan fingerprint density at radius 1 is 0.933 bits per heavy atom. The Balaban J connectivity index is 1.29. The van der Waals surface area contributed by atoms with E-state index < -0.39 is 0 Å². The molecule has 150 valence electrons. The molecule has 0 unspecified atom stereocenters. The lowest BCUT2D eigenvalue weighted by Crippen LogP contribution is -2.14. The van der Waals surface area contributed by atoms with Crippen molar-refractivity contribution < 1.29 is 9.53 Å². The minimum Gasteiger partial charge on any atom is -0.455 e. The number of rotatable bonds is 8. The second-order valence-corrected chi connectivity index (χ2v) is 7.55. The summed E-state index contributed by atoms with van der Waals surface area (Å²) in [4.78, 5) is 12.4. The molecule has 4 aromatic rings. The van der Waals surface area contributed by atoms with E-state index in [9.17, 15) is 4.79 Å². The number of carbonyl (C=O) groups is 1. The zero-order valence-corrected chi connectivity index (χ0v) is 17.1. The molecule has 6 heteroatoms. The predicted octanol–water partition coefficient (Wildman–Crippen LogP) is 5.54. The van der Waals surface area contributed by atoms with Crippen LogP contribution in [0, 0.1) is 0 Å². The van der Waals surface area contributed by atoms with Gasteiger partial charge in [0.25, 0.3) is 0 Å². The van der Waals surface area contributed by atoms with Crippen molar-refractivity contribution in [3.8, 4) is 17.2 Å². The van der Waals surface area contributed by atoms with Crippen LogP contribution in [0.1, 0.15) is 5.56 Å². The average molecular weight is 416 g/mol. The normalized spacial score (nSPS) is 10.5. The van der Waals surface area contributed by atoms with Crippen LogP contribution in [-0.4, -0.2) is 21.4 Å². The Hall–Kier alpha value is -3.51. The van der Waals surface area contributed by atoms with Gasteiger partial charge >= 0.3 is 0 Å². The van der Waals surface area contributed by atoms with E-state index in [1.165, 1.54) is 0 Å². The van der Waals surface area contributed by atoms with Crippen LogP contribution in [-0.2, 0) is 10.5 Å². The number of aromatic nitrogens is 2. The lowest BCUT2D eigenvalue weighted by molar-refractivity contribution is -0.113. The number of anilines is 1. The maximum absolute atomic E-state index is 12.4. The van der Waals surface area contributed by atoms with Gasteiger partial charge in [0.2, 0.25) is 5.91 Å². The van der Waals surface area contributed by atoms with E-state index in [-0.39, 0.29) is 5.91 Å². The van der Waals surface area contributed by atoms with Crippen molar-refractivity contribution in [3.63, 3.8) is 0 Å². The van der Waals surface area contributed by atoms with Gasteiger partial charge < -0.3 is 10.1 Å². The highest BCUT2D eigenvalue weighted by Gasteiger charge is 2.09. The summed E-state index contributed by atoms with van der Waals surface area (Å²) in [5.74, 6) is 2.41. The van der Waals surface area contributed by atoms with Gasteiger partial charge in [0.05, 0.1) is 17.1 Å². The molecule has 0 fully saturated rings. The standard InChI is InChI=1S/C24H21N3O2S/c28-24(18-30-17-19-11-13-20(14-12-19)27-16-6-15-25-27)26-22-9-4-5-10-23(22)29-21-7-2-1-3-8-21/h1-16H,17-18H2,(H,26,28). The summed E-state index contributed by atoms with van der Waals surface area (Å²) in [5.41, 5.74) is 2.84. The fourth-order valence-corrected chi connectivity index (χ4v) is 3.68. The molecule has 1 heterocycles. The minimum atomic E-state index is -0.0581. The van der Waals surface area contributed by atoms with Gasteiger partial charge in [0.1, 0.15) is 5.75 Å². The van der Waals surface area contributed by atoms with E-state index in [2.05, 4.69) is 22.5 Å². The molecule has 0 bridgehead atoms. The maximum atomic E-state index is 12.4. The second-order valence-electron chi connectivity index (χ2n) is 6.57. The number of thioether (sulfide) groups is 1. The van der Waals surface area contributed by atoms with E-state index in [0.717, 1.165) is 22.8 Å². The molecule has 5 nitrogen and oxygen atoms in total. The molecular weight excluding hydrogens is 394 g/mol. The SMILES string of the molecule is O=C(CSCc1ccc(-n2cccn2)cc1)Nc1ccccc1Oc1ccccc1. The maximum Gasteiger partial charge on any atom is 0.234 e. The Kier molecular flexibility index (Phi) is 6.47.